The van der Waals surface area contributed by atoms with Gasteiger partial charge in [0.25, 0.3) is 0 Å². The highest BCUT2D eigenvalue weighted by atomic mass is 16.5. The molecule has 0 heterocycles. The van der Waals surface area contributed by atoms with Crippen LogP contribution in [0.1, 0.15) is 25.7 Å². The quantitative estimate of drug-likeness (QED) is 0.597. The van der Waals surface area contributed by atoms with Crippen LogP contribution in [0.3, 0.4) is 0 Å². The van der Waals surface area contributed by atoms with Crippen LogP contribution < -0.4 is 0 Å². The van der Waals surface area contributed by atoms with E-state index in [0.29, 0.717) is 0 Å². The highest BCUT2D eigenvalue weighted by Crippen LogP contribution is 2.48. The summed E-state index contributed by atoms with van der Waals surface area (Å²) < 4.78 is 5.37. The molecule has 4 heteroatoms. The Morgan fingerprint density at radius 2 is 1.76 bits per heavy atom. The maximum Gasteiger partial charge on any atom is 0.310 e. The lowest BCUT2D eigenvalue weighted by molar-refractivity contribution is -0.165. The lowest BCUT2D eigenvalue weighted by Crippen LogP contribution is -2.37. The van der Waals surface area contributed by atoms with Gasteiger partial charge in [-0.25, -0.2) is 0 Å². The number of carboxylic acids is 1. The summed E-state index contributed by atoms with van der Waals surface area (Å²) in [5.41, 5.74) is 0. The molecule has 0 aromatic heterocycles. The van der Waals surface area contributed by atoms with Crippen molar-refractivity contribution in [2.24, 2.45) is 23.7 Å². The fourth-order valence-corrected chi connectivity index (χ4v) is 3.21. The van der Waals surface area contributed by atoms with Crippen LogP contribution in [-0.4, -0.2) is 23.1 Å². The summed E-state index contributed by atoms with van der Waals surface area (Å²) in [6.45, 7) is 0. The first kappa shape index (κ1) is 10.8. The number of carbonyl (C=O) groups is 2. The Labute approximate surface area is 99.6 Å². The van der Waals surface area contributed by atoms with Crippen LogP contribution >= 0.6 is 0 Å². The molecular formula is C13H16O4. The molecule has 0 aromatic carbocycles. The van der Waals surface area contributed by atoms with E-state index >= 15 is 0 Å². The summed E-state index contributed by atoms with van der Waals surface area (Å²) >= 11 is 0. The van der Waals surface area contributed by atoms with Crippen molar-refractivity contribution in [2.75, 3.05) is 0 Å². The second kappa shape index (κ2) is 3.86. The molecule has 4 unspecified atom stereocenters. The number of rotatable bonds is 3. The monoisotopic (exact) mass is 236 g/mol. The van der Waals surface area contributed by atoms with Gasteiger partial charge >= 0.3 is 11.9 Å². The zero-order valence-electron chi connectivity index (χ0n) is 9.54. The van der Waals surface area contributed by atoms with E-state index in [4.69, 9.17) is 4.74 Å². The van der Waals surface area contributed by atoms with Gasteiger partial charge in [-0.1, -0.05) is 12.2 Å². The van der Waals surface area contributed by atoms with E-state index in [0.717, 1.165) is 25.7 Å². The Hall–Kier alpha value is -1.32. The minimum absolute atomic E-state index is 0.0245. The minimum atomic E-state index is -0.864. The molecule has 0 saturated heterocycles. The SMILES string of the molecule is O=C(O)C1C2C=CC(C2)C1C(=O)OC1CCC1. The second-order valence-corrected chi connectivity index (χ2v) is 5.33. The predicted molar refractivity (Wildman–Crippen MR) is 59.1 cm³/mol. The van der Waals surface area contributed by atoms with Crippen molar-refractivity contribution in [3.63, 3.8) is 0 Å². The van der Waals surface area contributed by atoms with Crippen LogP contribution in [0.5, 0.6) is 0 Å². The van der Waals surface area contributed by atoms with Gasteiger partial charge in [-0.05, 0) is 37.5 Å². The van der Waals surface area contributed by atoms with Crippen LogP contribution in [0, 0.1) is 23.7 Å². The lowest BCUT2D eigenvalue weighted by Gasteiger charge is -2.29. The van der Waals surface area contributed by atoms with E-state index in [-0.39, 0.29) is 23.9 Å². The fourth-order valence-electron chi connectivity index (χ4n) is 3.21. The normalized spacial score (nSPS) is 39.1. The maximum absolute atomic E-state index is 12.0. The van der Waals surface area contributed by atoms with Crippen LogP contribution in [0.15, 0.2) is 12.2 Å². The van der Waals surface area contributed by atoms with Crippen LogP contribution in [0.4, 0.5) is 0 Å². The van der Waals surface area contributed by atoms with E-state index in [1.807, 2.05) is 12.2 Å². The molecule has 0 amide bonds. The summed E-state index contributed by atoms with van der Waals surface area (Å²) in [7, 11) is 0. The van der Waals surface area contributed by atoms with Gasteiger partial charge in [0.15, 0.2) is 0 Å². The molecule has 0 aliphatic heterocycles. The van der Waals surface area contributed by atoms with Crippen molar-refractivity contribution in [1.29, 1.82) is 0 Å². The summed E-state index contributed by atoms with van der Waals surface area (Å²) in [5, 5.41) is 9.22. The summed E-state index contributed by atoms with van der Waals surface area (Å²) in [4.78, 5) is 23.3. The van der Waals surface area contributed by atoms with Gasteiger partial charge in [0.05, 0.1) is 11.8 Å². The highest BCUT2D eigenvalue weighted by molar-refractivity contribution is 5.83. The maximum atomic E-state index is 12.0. The van der Waals surface area contributed by atoms with E-state index in [1.54, 1.807) is 0 Å². The van der Waals surface area contributed by atoms with Crippen molar-refractivity contribution in [1.82, 2.24) is 0 Å². The Balaban J connectivity index is 1.73. The zero-order chi connectivity index (χ0) is 12.0. The van der Waals surface area contributed by atoms with Gasteiger partial charge in [0.1, 0.15) is 6.10 Å². The van der Waals surface area contributed by atoms with Gasteiger partial charge in [-0.2, -0.15) is 0 Å². The van der Waals surface area contributed by atoms with Crippen LogP contribution in [0.25, 0.3) is 0 Å². The van der Waals surface area contributed by atoms with Crippen molar-refractivity contribution in [3.05, 3.63) is 12.2 Å². The fraction of sp³-hybridized carbons (Fsp3) is 0.692. The molecule has 0 aromatic rings. The van der Waals surface area contributed by atoms with E-state index in [2.05, 4.69) is 0 Å². The van der Waals surface area contributed by atoms with Gasteiger partial charge < -0.3 is 9.84 Å². The van der Waals surface area contributed by atoms with E-state index in [9.17, 15) is 14.7 Å². The molecule has 17 heavy (non-hydrogen) atoms. The number of carbonyl (C=O) groups excluding carboxylic acids is 1. The molecule has 3 aliphatic rings. The minimum Gasteiger partial charge on any atom is -0.481 e. The molecule has 0 spiro atoms. The van der Waals surface area contributed by atoms with Crippen LogP contribution in [-0.2, 0) is 14.3 Å². The summed E-state index contributed by atoms with van der Waals surface area (Å²) in [6, 6.07) is 0. The number of fused-ring (bicyclic) bond motifs is 2. The van der Waals surface area contributed by atoms with Crippen LogP contribution in [0.2, 0.25) is 0 Å². The molecule has 1 N–H and O–H groups in total. The first-order chi connectivity index (χ1) is 8.16. The van der Waals surface area contributed by atoms with Gasteiger partial charge in [0, 0.05) is 0 Å². The second-order valence-electron chi connectivity index (χ2n) is 5.33. The standard InChI is InChI=1S/C13H16O4/c14-12(15)10-7-4-5-8(6-7)11(10)13(16)17-9-2-1-3-9/h4-5,7-11H,1-3,6H2,(H,14,15). The topological polar surface area (TPSA) is 63.6 Å². The molecule has 2 fully saturated rings. The van der Waals surface area contributed by atoms with Crippen molar-refractivity contribution < 1.29 is 19.4 Å². The van der Waals surface area contributed by atoms with Crippen molar-refractivity contribution in [2.45, 2.75) is 31.8 Å². The Morgan fingerprint density at radius 1 is 1.12 bits per heavy atom. The van der Waals surface area contributed by atoms with Gasteiger partial charge in [-0.15, -0.1) is 0 Å². The van der Waals surface area contributed by atoms with Crippen molar-refractivity contribution >= 4 is 11.9 Å². The molecule has 2 bridgehead atoms. The number of esters is 1. The predicted octanol–water partition coefficient (Wildman–Crippen LogP) is 1.60. The molecule has 4 atom stereocenters. The Bertz CT molecular complexity index is 383. The molecule has 4 nitrogen and oxygen atoms in total. The average Bonchev–Trinajstić information content (AvgIpc) is 2.81. The third kappa shape index (κ3) is 1.66. The molecule has 3 aliphatic carbocycles. The van der Waals surface area contributed by atoms with E-state index in [1.165, 1.54) is 0 Å². The number of ether oxygens (including phenoxy) is 1. The number of hydrogen-bond donors (Lipinski definition) is 1. The largest absolute Gasteiger partial charge is 0.481 e. The Kier molecular flexibility index (Phi) is 2.45. The third-order valence-electron chi connectivity index (χ3n) is 4.35. The third-order valence-corrected chi connectivity index (χ3v) is 4.35. The molecule has 0 radical (unpaired) electrons. The number of allylic oxidation sites excluding steroid dienone is 2. The molecule has 3 rings (SSSR count). The average molecular weight is 236 g/mol. The smallest absolute Gasteiger partial charge is 0.310 e. The summed E-state index contributed by atoms with van der Waals surface area (Å²) in [6.07, 6.45) is 7.73. The Morgan fingerprint density at radius 3 is 2.29 bits per heavy atom. The molecule has 92 valence electrons. The van der Waals surface area contributed by atoms with Crippen molar-refractivity contribution in [3.8, 4) is 0 Å². The lowest BCUT2D eigenvalue weighted by atomic mass is 9.83. The van der Waals surface area contributed by atoms with Gasteiger partial charge in [0.2, 0.25) is 0 Å². The molecule has 2 saturated carbocycles. The first-order valence-electron chi connectivity index (χ1n) is 6.28. The summed E-state index contributed by atoms with van der Waals surface area (Å²) in [5.74, 6) is -2.08. The van der Waals surface area contributed by atoms with E-state index < -0.39 is 17.8 Å². The number of hydrogen-bond acceptors (Lipinski definition) is 3. The molecular weight excluding hydrogens is 220 g/mol. The number of aliphatic carboxylic acids is 1. The first-order valence-corrected chi connectivity index (χ1v) is 6.28. The zero-order valence-corrected chi connectivity index (χ0v) is 9.54. The highest BCUT2D eigenvalue weighted by Gasteiger charge is 2.52. The van der Waals surface area contributed by atoms with Gasteiger partial charge in [-0.3, -0.25) is 9.59 Å². The number of carboxylic acid groups (broad SMARTS) is 1.